The van der Waals surface area contributed by atoms with Crippen LogP contribution in [-0.2, 0) is 14.8 Å². The summed E-state index contributed by atoms with van der Waals surface area (Å²) in [5.74, 6) is -0.550. The Labute approximate surface area is 171 Å². The van der Waals surface area contributed by atoms with Crippen LogP contribution in [0.1, 0.15) is 12.8 Å². The summed E-state index contributed by atoms with van der Waals surface area (Å²) in [4.78, 5) is 15.9. The van der Waals surface area contributed by atoms with Gasteiger partial charge in [0.05, 0.1) is 11.5 Å². The van der Waals surface area contributed by atoms with Crippen LogP contribution < -0.4 is 14.8 Å². The maximum Gasteiger partial charge on any atom is 0.263 e. The number of carbonyl (C=O) groups is 1. The number of hydrogen-bond acceptors (Lipinski definition) is 6. The Kier molecular flexibility index (Phi) is 6.78. The number of hydrogen-bond donors (Lipinski definition) is 2. The van der Waals surface area contributed by atoms with Crippen LogP contribution >= 0.6 is 11.3 Å². The molecule has 2 N–H and O–H groups in total. The molecule has 1 heterocycles. The third kappa shape index (κ3) is 6.00. The van der Waals surface area contributed by atoms with E-state index in [-0.39, 0.29) is 34.7 Å². The molecule has 0 radical (unpaired) electrons. The molecule has 152 valence electrons. The molecule has 0 aliphatic carbocycles. The van der Waals surface area contributed by atoms with Gasteiger partial charge in [-0.05, 0) is 42.8 Å². The van der Waals surface area contributed by atoms with E-state index in [9.17, 15) is 17.6 Å². The van der Waals surface area contributed by atoms with Crippen molar-refractivity contribution in [2.75, 3.05) is 16.6 Å². The van der Waals surface area contributed by atoms with Gasteiger partial charge in [-0.2, -0.15) is 0 Å². The zero-order valence-electron chi connectivity index (χ0n) is 15.2. The number of sulfonamides is 1. The predicted octanol–water partition coefficient (Wildman–Crippen LogP) is 3.88. The Morgan fingerprint density at radius 3 is 2.59 bits per heavy atom. The molecular weight excluding hydrogens is 417 g/mol. The fourth-order valence-electron chi connectivity index (χ4n) is 2.37. The predicted molar refractivity (Wildman–Crippen MR) is 109 cm³/mol. The SMILES string of the molecule is O=C(CCCOc1ccccc1F)Nc1ccc(S(=O)(=O)Nc2nccs2)cc1. The summed E-state index contributed by atoms with van der Waals surface area (Å²) in [5, 5.41) is 4.62. The Morgan fingerprint density at radius 2 is 1.90 bits per heavy atom. The minimum atomic E-state index is -3.74. The van der Waals surface area contributed by atoms with Gasteiger partial charge in [0.15, 0.2) is 16.7 Å². The molecule has 0 aliphatic rings. The molecule has 0 spiro atoms. The maximum absolute atomic E-state index is 13.4. The van der Waals surface area contributed by atoms with Crippen molar-refractivity contribution in [3.05, 3.63) is 65.9 Å². The number of nitrogens with zero attached hydrogens (tertiary/aromatic N) is 1. The lowest BCUT2D eigenvalue weighted by atomic mass is 10.2. The minimum Gasteiger partial charge on any atom is -0.491 e. The number of ether oxygens (including phenoxy) is 1. The smallest absolute Gasteiger partial charge is 0.263 e. The molecule has 1 amide bonds. The number of rotatable bonds is 9. The molecule has 0 saturated heterocycles. The minimum absolute atomic E-state index is 0.0592. The quantitative estimate of drug-likeness (QED) is 0.497. The number of amides is 1. The number of para-hydroxylation sites is 1. The topological polar surface area (TPSA) is 97.4 Å². The highest BCUT2D eigenvalue weighted by Crippen LogP contribution is 2.20. The van der Waals surface area contributed by atoms with E-state index in [0.717, 1.165) is 0 Å². The van der Waals surface area contributed by atoms with Crippen molar-refractivity contribution in [1.82, 2.24) is 4.98 Å². The summed E-state index contributed by atoms with van der Waals surface area (Å²) >= 11 is 1.18. The van der Waals surface area contributed by atoms with Gasteiger partial charge in [0.2, 0.25) is 5.91 Å². The second kappa shape index (κ2) is 9.48. The highest BCUT2D eigenvalue weighted by Gasteiger charge is 2.15. The van der Waals surface area contributed by atoms with Crippen molar-refractivity contribution in [1.29, 1.82) is 0 Å². The fraction of sp³-hybridized carbons (Fsp3) is 0.158. The number of carbonyl (C=O) groups excluding carboxylic acids is 1. The first-order valence-corrected chi connectivity index (χ1v) is 11.0. The number of nitrogens with one attached hydrogen (secondary N) is 2. The highest BCUT2D eigenvalue weighted by molar-refractivity contribution is 7.93. The summed E-state index contributed by atoms with van der Waals surface area (Å²) in [5.41, 5.74) is 0.471. The van der Waals surface area contributed by atoms with Crippen molar-refractivity contribution in [2.45, 2.75) is 17.7 Å². The molecule has 3 rings (SSSR count). The van der Waals surface area contributed by atoms with Crippen LogP contribution in [0.15, 0.2) is 65.0 Å². The monoisotopic (exact) mass is 435 g/mol. The zero-order chi connectivity index (χ0) is 20.7. The van der Waals surface area contributed by atoms with Crippen LogP contribution in [0.5, 0.6) is 5.75 Å². The first kappa shape index (κ1) is 20.7. The molecular formula is C19H18FN3O4S2. The van der Waals surface area contributed by atoms with E-state index in [2.05, 4.69) is 15.0 Å². The Bertz CT molecular complexity index is 1060. The number of anilines is 2. The molecule has 0 aliphatic heterocycles. The lowest BCUT2D eigenvalue weighted by Crippen LogP contribution is -2.14. The Morgan fingerprint density at radius 1 is 1.14 bits per heavy atom. The van der Waals surface area contributed by atoms with Crippen LogP contribution in [0.25, 0.3) is 0 Å². The molecule has 3 aromatic rings. The number of aromatic nitrogens is 1. The van der Waals surface area contributed by atoms with Crippen molar-refractivity contribution >= 4 is 38.1 Å². The van der Waals surface area contributed by atoms with Gasteiger partial charge in [0, 0.05) is 23.7 Å². The molecule has 29 heavy (non-hydrogen) atoms. The molecule has 1 aromatic heterocycles. The van der Waals surface area contributed by atoms with E-state index in [4.69, 9.17) is 4.74 Å². The molecule has 0 atom stereocenters. The van der Waals surface area contributed by atoms with Gasteiger partial charge in [-0.1, -0.05) is 12.1 Å². The van der Waals surface area contributed by atoms with E-state index < -0.39 is 15.8 Å². The van der Waals surface area contributed by atoms with Crippen LogP contribution in [0.3, 0.4) is 0 Å². The fourth-order valence-corrected chi connectivity index (χ4v) is 4.15. The summed E-state index contributed by atoms with van der Waals surface area (Å²) in [6.07, 6.45) is 2.09. The van der Waals surface area contributed by atoms with Gasteiger partial charge in [0.25, 0.3) is 10.0 Å². The zero-order valence-corrected chi connectivity index (χ0v) is 16.8. The lowest BCUT2D eigenvalue weighted by molar-refractivity contribution is -0.116. The number of benzene rings is 2. The Hall–Kier alpha value is -2.98. The van der Waals surface area contributed by atoms with Crippen LogP contribution in [-0.4, -0.2) is 25.9 Å². The Balaban J connectivity index is 1.46. The first-order chi connectivity index (χ1) is 13.9. The van der Waals surface area contributed by atoms with E-state index in [1.807, 2.05) is 0 Å². The average molecular weight is 436 g/mol. The molecule has 7 nitrogen and oxygen atoms in total. The summed E-state index contributed by atoms with van der Waals surface area (Å²) in [6.45, 7) is 0.202. The molecule has 2 aromatic carbocycles. The summed E-state index contributed by atoms with van der Waals surface area (Å²) < 4.78 is 45.7. The van der Waals surface area contributed by atoms with E-state index in [1.165, 1.54) is 53.9 Å². The van der Waals surface area contributed by atoms with Gasteiger partial charge in [-0.25, -0.2) is 17.8 Å². The summed E-state index contributed by atoms with van der Waals surface area (Å²) in [6, 6.07) is 11.9. The average Bonchev–Trinajstić information content (AvgIpc) is 3.19. The first-order valence-electron chi connectivity index (χ1n) is 8.63. The van der Waals surface area contributed by atoms with Crippen molar-refractivity contribution in [2.24, 2.45) is 0 Å². The highest BCUT2D eigenvalue weighted by atomic mass is 32.2. The lowest BCUT2D eigenvalue weighted by Gasteiger charge is -2.09. The van der Waals surface area contributed by atoms with E-state index in [0.29, 0.717) is 12.1 Å². The second-order valence-corrected chi connectivity index (χ2v) is 8.47. The molecule has 10 heteroatoms. The molecule has 0 fully saturated rings. The van der Waals surface area contributed by atoms with Gasteiger partial charge in [-0.15, -0.1) is 11.3 Å². The largest absolute Gasteiger partial charge is 0.491 e. The normalized spacial score (nSPS) is 11.1. The van der Waals surface area contributed by atoms with Crippen molar-refractivity contribution in [3.8, 4) is 5.75 Å². The third-order valence-corrected chi connectivity index (χ3v) is 5.92. The van der Waals surface area contributed by atoms with Crippen LogP contribution in [0.2, 0.25) is 0 Å². The van der Waals surface area contributed by atoms with Crippen molar-refractivity contribution in [3.63, 3.8) is 0 Å². The van der Waals surface area contributed by atoms with E-state index >= 15 is 0 Å². The van der Waals surface area contributed by atoms with E-state index in [1.54, 1.807) is 17.5 Å². The molecule has 0 bridgehead atoms. The van der Waals surface area contributed by atoms with Gasteiger partial charge in [0.1, 0.15) is 0 Å². The van der Waals surface area contributed by atoms with Crippen LogP contribution in [0, 0.1) is 5.82 Å². The molecule has 0 saturated carbocycles. The second-order valence-electron chi connectivity index (χ2n) is 5.90. The standard InChI is InChI=1S/C19H18FN3O4S2/c20-16-4-1-2-5-17(16)27-12-3-6-18(24)22-14-7-9-15(10-8-14)29(25,26)23-19-21-11-13-28-19/h1-2,4-5,7-11,13H,3,6,12H2,(H,21,23)(H,22,24). The van der Waals surface area contributed by atoms with Crippen molar-refractivity contribution < 1.29 is 22.3 Å². The van der Waals surface area contributed by atoms with Gasteiger partial charge in [-0.3, -0.25) is 9.52 Å². The molecule has 0 unspecified atom stereocenters. The number of halogens is 1. The third-order valence-electron chi connectivity index (χ3n) is 3.74. The van der Waals surface area contributed by atoms with Gasteiger partial charge < -0.3 is 10.1 Å². The number of thiazole rings is 1. The maximum atomic E-state index is 13.4. The van der Waals surface area contributed by atoms with Gasteiger partial charge >= 0.3 is 0 Å². The summed E-state index contributed by atoms with van der Waals surface area (Å²) in [7, 11) is -3.74. The van der Waals surface area contributed by atoms with Crippen LogP contribution in [0.4, 0.5) is 15.2 Å².